The lowest BCUT2D eigenvalue weighted by Crippen LogP contribution is -2.43. The fraction of sp³-hybridized carbons (Fsp3) is 0.562. The molecule has 0 radical (unpaired) electrons. The molecule has 1 aliphatic heterocycles. The number of carbonyl (C=O) groups excluding carboxylic acids is 1. The minimum Gasteiger partial charge on any atom is -0.338 e. The number of likely N-dealkylation sites (N-methyl/N-ethyl adjacent to an activating group) is 1. The number of carbonyl (C=O) groups is 1. The van der Waals surface area contributed by atoms with E-state index >= 15 is 0 Å². The van der Waals surface area contributed by atoms with Crippen molar-refractivity contribution in [3.8, 4) is 0 Å². The third-order valence-electron chi connectivity index (χ3n) is 4.25. The standard InChI is InChI=1S/C16H22ClNO3S/c1-3-15(12-5-7-13(17)8-6-12)16(19)18(4-2)14-9-10-22(20,21)11-14/h5-8,14-15H,3-4,9-11H2,1-2H3. The van der Waals surface area contributed by atoms with Gasteiger partial charge in [-0.3, -0.25) is 4.79 Å². The molecule has 0 saturated carbocycles. The zero-order valence-electron chi connectivity index (χ0n) is 13.0. The normalized spacial score (nSPS) is 21.5. The maximum atomic E-state index is 12.9. The summed E-state index contributed by atoms with van der Waals surface area (Å²) in [5.41, 5.74) is 0.927. The smallest absolute Gasteiger partial charge is 0.230 e. The summed E-state index contributed by atoms with van der Waals surface area (Å²) in [5, 5.41) is 0.639. The molecule has 1 aromatic rings. The van der Waals surface area contributed by atoms with Gasteiger partial charge in [-0.25, -0.2) is 8.42 Å². The fourth-order valence-corrected chi connectivity index (χ4v) is 4.92. The van der Waals surface area contributed by atoms with Gasteiger partial charge in [-0.1, -0.05) is 30.7 Å². The highest BCUT2D eigenvalue weighted by atomic mass is 35.5. The van der Waals surface area contributed by atoms with Crippen molar-refractivity contribution in [1.29, 1.82) is 0 Å². The Morgan fingerprint density at radius 3 is 2.41 bits per heavy atom. The molecule has 2 unspecified atom stereocenters. The van der Waals surface area contributed by atoms with Crippen molar-refractivity contribution in [3.63, 3.8) is 0 Å². The van der Waals surface area contributed by atoms with Crippen LogP contribution in [0.5, 0.6) is 0 Å². The van der Waals surface area contributed by atoms with Crippen molar-refractivity contribution < 1.29 is 13.2 Å². The molecule has 1 amide bonds. The van der Waals surface area contributed by atoms with E-state index in [4.69, 9.17) is 11.6 Å². The van der Waals surface area contributed by atoms with Gasteiger partial charge in [-0.05, 0) is 37.5 Å². The van der Waals surface area contributed by atoms with Crippen LogP contribution >= 0.6 is 11.6 Å². The summed E-state index contributed by atoms with van der Waals surface area (Å²) in [5.74, 6) is 0.0259. The molecule has 0 N–H and O–H groups in total. The van der Waals surface area contributed by atoms with Crippen molar-refractivity contribution in [2.75, 3.05) is 18.1 Å². The summed E-state index contributed by atoms with van der Waals surface area (Å²) < 4.78 is 23.4. The Hall–Kier alpha value is -1.07. The number of benzene rings is 1. The van der Waals surface area contributed by atoms with Crippen LogP contribution in [0.4, 0.5) is 0 Å². The molecule has 2 atom stereocenters. The van der Waals surface area contributed by atoms with Gasteiger partial charge in [0.1, 0.15) is 0 Å². The molecule has 0 aromatic heterocycles. The molecule has 1 aliphatic rings. The molecular formula is C16H22ClNO3S. The van der Waals surface area contributed by atoms with E-state index < -0.39 is 9.84 Å². The Kier molecular flexibility index (Phi) is 5.50. The molecule has 122 valence electrons. The van der Waals surface area contributed by atoms with Crippen LogP contribution in [0.3, 0.4) is 0 Å². The average Bonchev–Trinajstić information content (AvgIpc) is 2.82. The molecule has 6 heteroatoms. The highest BCUT2D eigenvalue weighted by Crippen LogP contribution is 2.27. The van der Waals surface area contributed by atoms with Crippen LogP contribution in [0.1, 0.15) is 38.2 Å². The van der Waals surface area contributed by atoms with Crippen molar-refractivity contribution in [2.24, 2.45) is 0 Å². The highest BCUT2D eigenvalue weighted by molar-refractivity contribution is 7.91. The Morgan fingerprint density at radius 1 is 1.32 bits per heavy atom. The van der Waals surface area contributed by atoms with Gasteiger partial charge in [0.15, 0.2) is 9.84 Å². The average molecular weight is 344 g/mol. The number of hydrogen-bond donors (Lipinski definition) is 0. The lowest BCUT2D eigenvalue weighted by molar-refractivity contribution is -0.134. The highest BCUT2D eigenvalue weighted by Gasteiger charge is 2.36. The lowest BCUT2D eigenvalue weighted by Gasteiger charge is -2.30. The summed E-state index contributed by atoms with van der Waals surface area (Å²) in [6.07, 6.45) is 1.22. The predicted molar refractivity (Wildman–Crippen MR) is 88.9 cm³/mol. The van der Waals surface area contributed by atoms with Crippen molar-refractivity contribution in [3.05, 3.63) is 34.9 Å². The SMILES string of the molecule is CCC(C(=O)N(CC)C1CCS(=O)(=O)C1)c1ccc(Cl)cc1. The van der Waals surface area contributed by atoms with Gasteiger partial charge in [0.2, 0.25) is 5.91 Å². The minimum absolute atomic E-state index is 0.00872. The Morgan fingerprint density at radius 2 is 1.95 bits per heavy atom. The van der Waals surface area contributed by atoms with Gasteiger partial charge in [0.05, 0.1) is 17.4 Å². The van der Waals surface area contributed by atoms with Crippen LogP contribution in [-0.4, -0.2) is 43.3 Å². The van der Waals surface area contributed by atoms with Crippen molar-refractivity contribution >= 4 is 27.3 Å². The first-order chi connectivity index (χ1) is 10.4. The molecule has 0 spiro atoms. The maximum Gasteiger partial charge on any atom is 0.230 e. The summed E-state index contributed by atoms with van der Waals surface area (Å²) >= 11 is 5.90. The number of sulfone groups is 1. The minimum atomic E-state index is -3.00. The number of halogens is 1. The van der Waals surface area contributed by atoms with Crippen LogP contribution in [-0.2, 0) is 14.6 Å². The van der Waals surface area contributed by atoms with Crippen LogP contribution < -0.4 is 0 Å². The predicted octanol–water partition coefficient (Wildman–Crippen LogP) is 2.87. The molecule has 1 fully saturated rings. The maximum absolute atomic E-state index is 12.9. The molecule has 0 aliphatic carbocycles. The topological polar surface area (TPSA) is 54.5 Å². The van der Waals surface area contributed by atoms with E-state index in [0.29, 0.717) is 24.4 Å². The Bertz CT molecular complexity index is 627. The molecule has 1 aromatic carbocycles. The second-order valence-corrected chi connectivity index (χ2v) is 8.36. The van der Waals surface area contributed by atoms with E-state index in [9.17, 15) is 13.2 Å². The summed E-state index contributed by atoms with van der Waals surface area (Å²) in [6.45, 7) is 4.40. The van der Waals surface area contributed by atoms with Crippen LogP contribution in [0.25, 0.3) is 0 Å². The molecule has 0 bridgehead atoms. The zero-order valence-corrected chi connectivity index (χ0v) is 14.5. The first-order valence-corrected chi connectivity index (χ1v) is 9.84. The van der Waals surface area contributed by atoms with E-state index in [0.717, 1.165) is 5.56 Å². The van der Waals surface area contributed by atoms with Gasteiger partial charge in [-0.2, -0.15) is 0 Å². The summed E-state index contributed by atoms with van der Waals surface area (Å²) in [4.78, 5) is 14.6. The van der Waals surface area contributed by atoms with Crippen LogP contribution in [0.15, 0.2) is 24.3 Å². The van der Waals surface area contributed by atoms with E-state index in [1.807, 2.05) is 26.0 Å². The molecule has 1 heterocycles. The number of rotatable bonds is 5. The molecule has 1 saturated heterocycles. The van der Waals surface area contributed by atoms with E-state index in [2.05, 4.69) is 0 Å². The van der Waals surface area contributed by atoms with Gasteiger partial charge < -0.3 is 4.90 Å². The van der Waals surface area contributed by atoms with E-state index in [1.165, 1.54) is 0 Å². The monoisotopic (exact) mass is 343 g/mol. The zero-order chi connectivity index (χ0) is 16.3. The fourth-order valence-electron chi connectivity index (χ4n) is 3.06. The number of nitrogens with zero attached hydrogens (tertiary/aromatic N) is 1. The van der Waals surface area contributed by atoms with Gasteiger partial charge in [-0.15, -0.1) is 0 Å². The number of amides is 1. The van der Waals surface area contributed by atoms with Gasteiger partial charge in [0, 0.05) is 17.6 Å². The van der Waals surface area contributed by atoms with Crippen LogP contribution in [0, 0.1) is 0 Å². The third-order valence-corrected chi connectivity index (χ3v) is 6.25. The van der Waals surface area contributed by atoms with Gasteiger partial charge in [0.25, 0.3) is 0 Å². The quantitative estimate of drug-likeness (QED) is 0.826. The molecular weight excluding hydrogens is 322 g/mol. The van der Waals surface area contributed by atoms with Gasteiger partial charge >= 0.3 is 0 Å². The van der Waals surface area contributed by atoms with Crippen molar-refractivity contribution in [2.45, 2.75) is 38.6 Å². The Labute approximate surface area is 137 Å². The second kappa shape index (κ2) is 7.01. The molecule has 2 rings (SSSR count). The van der Waals surface area contributed by atoms with E-state index in [1.54, 1.807) is 17.0 Å². The number of hydrogen-bond acceptors (Lipinski definition) is 3. The largest absolute Gasteiger partial charge is 0.338 e. The third kappa shape index (κ3) is 3.82. The van der Waals surface area contributed by atoms with Crippen molar-refractivity contribution in [1.82, 2.24) is 4.90 Å². The second-order valence-electron chi connectivity index (χ2n) is 5.69. The first kappa shape index (κ1) is 17.3. The van der Waals surface area contributed by atoms with E-state index in [-0.39, 0.29) is 29.4 Å². The summed E-state index contributed by atoms with van der Waals surface area (Å²) in [7, 11) is -3.00. The van der Waals surface area contributed by atoms with Crippen LogP contribution in [0.2, 0.25) is 5.02 Å². The molecule has 22 heavy (non-hydrogen) atoms. The lowest BCUT2D eigenvalue weighted by atomic mass is 9.94. The Balaban J connectivity index is 2.20. The first-order valence-electron chi connectivity index (χ1n) is 7.64. The summed E-state index contributed by atoms with van der Waals surface area (Å²) in [6, 6.07) is 7.11. The molecule has 4 nitrogen and oxygen atoms in total.